The molecule has 0 aromatic carbocycles. The fraction of sp³-hybridized carbons (Fsp3) is 0. The lowest BCUT2D eigenvalue weighted by Crippen LogP contribution is -1.69. The molecule has 7 heteroatoms. The third-order valence-corrected chi connectivity index (χ3v) is 5.95. The van der Waals surface area contributed by atoms with Gasteiger partial charge in [-0.15, -0.1) is 22.7 Å². The van der Waals surface area contributed by atoms with Gasteiger partial charge in [0.25, 0.3) is 0 Å². The number of hydrogen-bond donors (Lipinski definition) is 0. The topological polar surface area (TPSA) is 25.8 Å². The number of rotatable bonds is 0. The van der Waals surface area contributed by atoms with Crippen LogP contribution in [0.5, 0.6) is 0 Å². The maximum atomic E-state index is 5.93. The van der Waals surface area contributed by atoms with E-state index in [4.69, 9.17) is 23.2 Å². The van der Waals surface area contributed by atoms with Crippen molar-refractivity contribution in [2.75, 3.05) is 0 Å². The van der Waals surface area contributed by atoms with Gasteiger partial charge in [0.2, 0.25) is 0 Å². The molecule has 0 aliphatic heterocycles. The Balaban J connectivity index is 0.000000126. The van der Waals surface area contributed by atoms with Crippen molar-refractivity contribution in [1.29, 1.82) is 0 Å². The zero-order valence-corrected chi connectivity index (χ0v) is 15.7. The average molecular weight is 465 g/mol. The van der Waals surface area contributed by atoms with Crippen molar-refractivity contribution in [3.63, 3.8) is 0 Å². The predicted octanol–water partition coefficient (Wildman–Crippen LogP) is 6.50. The quantitative estimate of drug-likeness (QED) is 0.277. The first-order valence-electron chi connectivity index (χ1n) is 5.82. The molecule has 4 aromatic heterocycles. The zero-order valence-electron chi connectivity index (χ0n) is 10.4. The second kappa shape index (κ2) is 6.75. The summed E-state index contributed by atoms with van der Waals surface area (Å²) in [6.07, 6.45) is 3.46. The monoisotopic (exact) mass is 464 g/mol. The van der Waals surface area contributed by atoms with Gasteiger partial charge < -0.3 is 0 Å². The molecule has 4 heterocycles. The van der Waals surface area contributed by atoms with Gasteiger partial charge in [0.1, 0.15) is 9.66 Å². The molecule has 0 fully saturated rings. The van der Waals surface area contributed by atoms with E-state index < -0.39 is 0 Å². The third kappa shape index (κ3) is 3.48. The van der Waals surface area contributed by atoms with E-state index in [0.29, 0.717) is 0 Å². The van der Waals surface area contributed by atoms with Crippen LogP contribution in [-0.2, 0) is 0 Å². The molecule has 0 N–H and O–H groups in total. The lowest BCUT2D eigenvalue weighted by Gasteiger charge is -1.88. The van der Waals surface area contributed by atoms with Crippen molar-refractivity contribution >= 4 is 88.9 Å². The highest BCUT2D eigenvalue weighted by Crippen LogP contribution is 2.29. The molecule has 0 radical (unpaired) electrons. The van der Waals surface area contributed by atoms with Crippen molar-refractivity contribution in [2.24, 2.45) is 0 Å². The molecule has 0 atom stereocenters. The highest BCUT2D eigenvalue weighted by molar-refractivity contribution is 14.1. The van der Waals surface area contributed by atoms with Crippen molar-refractivity contribution in [3.05, 3.63) is 55.0 Å². The number of halogens is 3. The highest BCUT2D eigenvalue weighted by Gasteiger charge is 2.02. The summed E-state index contributed by atoms with van der Waals surface area (Å²) in [5.41, 5.74) is 0. The molecular weight excluding hydrogens is 458 g/mol. The summed E-state index contributed by atoms with van der Waals surface area (Å²) in [5, 5.41) is 5.67. The van der Waals surface area contributed by atoms with Crippen LogP contribution in [0.1, 0.15) is 0 Å². The van der Waals surface area contributed by atoms with Gasteiger partial charge in [-0.05, 0) is 52.2 Å². The summed E-state index contributed by atoms with van der Waals surface area (Å²) in [6.45, 7) is 0. The summed E-state index contributed by atoms with van der Waals surface area (Å²) in [4.78, 5) is 10.4. The Morgan fingerprint density at radius 1 is 0.905 bits per heavy atom. The van der Waals surface area contributed by atoms with E-state index in [1.165, 1.54) is 2.88 Å². The maximum Gasteiger partial charge on any atom is 0.125 e. The molecule has 2 nitrogen and oxygen atoms in total. The fourth-order valence-corrected chi connectivity index (χ4v) is 4.69. The lowest BCUT2D eigenvalue weighted by atomic mass is 10.3. The molecule has 0 unspecified atom stereocenters. The van der Waals surface area contributed by atoms with Crippen molar-refractivity contribution in [2.45, 2.75) is 0 Å². The fourth-order valence-electron chi connectivity index (χ4n) is 1.72. The van der Waals surface area contributed by atoms with E-state index in [9.17, 15) is 0 Å². The number of nitrogens with zero attached hydrogens (tertiary/aromatic N) is 2. The van der Waals surface area contributed by atoms with E-state index in [0.717, 1.165) is 30.5 Å². The predicted molar refractivity (Wildman–Crippen MR) is 102 cm³/mol. The van der Waals surface area contributed by atoms with E-state index in [2.05, 4.69) is 38.6 Å². The molecule has 106 valence electrons. The second-order valence-corrected chi connectivity index (χ2v) is 8.63. The Bertz CT molecular complexity index is 904. The standard InChI is InChI=1S/C7H3ClINS.C7H4ClNS/c8-5-1-2-10-7-4(5)3-6(9)11-7;8-6-1-3-9-7-5(6)2-4-10-7/h1-3H;1-4H. The minimum atomic E-state index is 0.784. The van der Waals surface area contributed by atoms with Gasteiger partial charge in [0.05, 0.1) is 12.9 Å². The van der Waals surface area contributed by atoms with Gasteiger partial charge in [-0.25, -0.2) is 9.97 Å². The molecule has 4 aromatic rings. The van der Waals surface area contributed by atoms with Gasteiger partial charge in [-0.2, -0.15) is 0 Å². The van der Waals surface area contributed by atoms with E-state index in [1.807, 2.05) is 17.5 Å². The van der Waals surface area contributed by atoms with Crippen LogP contribution < -0.4 is 0 Å². The first kappa shape index (κ1) is 15.4. The number of pyridine rings is 2. The van der Waals surface area contributed by atoms with E-state index in [1.54, 1.807) is 41.1 Å². The van der Waals surface area contributed by atoms with Crippen LogP contribution in [0.4, 0.5) is 0 Å². The van der Waals surface area contributed by atoms with Gasteiger partial charge in [-0.3, -0.25) is 0 Å². The molecule has 0 saturated heterocycles. The largest absolute Gasteiger partial charge is 0.245 e. The SMILES string of the molecule is Clc1ccnc2sc(I)cc12.Clc1ccnc2sccc12. The highest BCUT2D eigenvalue weighted by atomic mass is 127. The van der Waals surface area contributed by atoms with E-state index >= 15 is 0 Å². The van der Waals surface area contributed by atoms with Crippen LogP contribution in [0.3, 0.4) is 0 Å². The van der Waals surface area contributed by atoms with E-state index in [-0.39, 0.29) is 0 Å². The van der Waals surface area contributed by atoms with Crippen LogP contribution in [0.25, 0.3) is 20.4 Å². The minimum Gasteiger partial charge on any atom is -0.245 e. The molecule has 21 heavy (non-hydrogen) atoms. The summed E-state index contributed by atoms with van der Waals surface area (Å²) in [5.74, 6) is 0. The minimum absolute atomic E-state index is 0.784. The van der Waals surface area contributed by atoms with Gasteiger partial charge >= 0.3 is 0 Å². The summed E-state index contributed by atoms with van der Waals surface area (Å²) in [6, 6.07) is 7.65. The number of aromatic nitrogens is 2. The molecule has 0 bridgehead atoms. The zero-order chi connectivity index (χ0) is 14.8. The summed E-state index contributed by atoms with van der Waals surface area (Å²) >= 11 is 17.3. The van der Waals surface area contributed by atoms with Crippen molar-refractivity contribution in [1.82, 2.24) is 9.97 Å². The first-order chi connectivity index (χ1) is 10.1. The van der Waals surface area contributed by atoms with Gasteiger partial charge in [-0.1, -0.05) is 23.2 Å². The molecule has 0 amide bonds. The molecule has 0 spiro atoms. The molecule has 4 rings (SSSR count). The van der Waals surface area contributed by atoms with Crippen molar-refractivity contribution in [3.8, 4) is 0 Å². The van der Waals surface area contributed by atoms with Crippen molar-refractivity contribution < 1.29 is 0 Å². The Kier molecular flexibility index (Phi) is 4.96. The first-order valence-corrected chi connectivity index (χ1v) is 9.35. The lowest BCUT2D eigenvalue weighted by molar-refractivity contribution is 1.45. The van der Waals surface area contributed by atoms with Crippen LogP contribution in [0.2, 0.25) is 10.0 Å². The third-order valence-electron chi connectivity index (χ3n) is 2.67. The Labute approximate surface area is 152 Å². The number of fused-ring (bicyclic) bond motifs is 2. The smallest absolute Gasteiger partial charge is 0.125 e. The van der Waals surface area contributed by atoms with Gasteiger partial charge in [0.15, 0.2) is 0 Å². The normalized spacial score (nSPS) is 10.6. The van der Waals surface area contributed by atoms with Crippen LogP contribution >= 0.6 is 68.5 Å². The number of thiophene rings is 2. The van der Waals surface area contributed by atoms with Crippen LogP contribution in [-0.4, -0.2) is 9.97 Å². The number of hydrogen-bond acceptors (Lipinski definition) is 4. The van der Waals surface area contributed by atoms with Crippen LogP contribution in [0.15, 0.2) is 42.0 Å². The Morgan fingerprint density at radius 2 is 1.57 bits per heavy atom. The second-order valence-electron chi connectivity index (χ2n) is 3.99. The average Bonchev–Trinajstić information content (AvgIpc) is 3.06. The van der Waals surface area contributed by atoms with Crippen LogP contribution in [0, 0.1) is 2.88 Å². The summed E-state index contributed by atoms with van der Waals surface area (Å²) in [7, 11) is 0. The maximum absolute atomic E-state index is 5.93. The molecule has 0 saturated carbocycles. The Hall–Kier alpha value is -0.470. The molecule has 0 aliphatic rings. The molecular formula is C14H7Cl2IN2S2. The molecule has 0 aliphatic carbocycles. The Morgan fingerprint density at radius 3 is 2.24 bits per heavy atom. The summed E-state index contributed by atoms with van der Waals surface area (Å²) < 4.78 is 1.22. The van der Waals surface area contributed by atoms with Gasteiger partial charge in [0, 0.05) is 23.2 Å².